The number of hydrogen-bond donors (Lipinski definition) is 0. The van der Waals surface area contributed by atoms with Gasteiger partial charge in [-0.15, -0.1) is 0 Å². The average Bonchev–Trinajstić information content (AvgIpc) is 3.12. The van der Waals surface area contributed by atoms with Crippen LogP contribution in [-0.2, 0) is 0 Å². The first kappa shape index (κ1) is 18.1. The fraction of sp³-hybridized carbons (Fsp3) is 0.0800. The van der Waals surface area contributed by atoms with Gasteiger partial charge in [-0.25, -0.2) is 9.67 Å². The second kappa shape index (κ2) is 7.44. The Hall–Kier alpha value is -3.99. The van der Waals surface area contributed by atoms with E-state index in [0.29, 0.717) is 17.5 Å². The molecule has 0 aliphatic heterocycles. The van der Waals surface area contributed by atoms with Crippen LogP contribution in [0.15, 0.2) is 84.9 Å². The van der Waals surface area contributed by atoms with Crippen molar-refractivity contribution in [1.29, 1.82) is 0 Å². The molecule has 2 heterocycles. The predicted molar refractivity (Wildman–Crippen MR) is 118 cm³/mol. The Kier molecular flexibility index (Phi) is 4.48. The van der Waals surface area contributed by atoms with Crippen LogP contribution in [0.4, 0.5) is 0 Å². The first-order valence-electron chi connectivity index (χ1n) is 9.81. The maximum atomic E-state index is 6.27. The molecule has 0 saturated carbocycles. The van der Waals surface area contributed by atoms with E-state index in [1.165, 1.54) is 0 Å². The van der Waals surface area contributed by atoms with E-state index in [4.69, 9.17) is 14.7 Å². The number of ether oxygens (including phenoxy) is 1. The van der Waals surface area contributed by atoms with Crippen molar-refractivity contribution in [3.63, 3.8) is 0 Å². The van der Waals surface area contributed by atoms with E-state index >= 15 is 0 Å². The minimum Gasteiger partial charge on any atom is -0.438 e. The number of fused-ring (bicyclic) bond motifs is 1. The zero-order chi connectivity index (χ0) is 20.5. The Labute approximate surface area is 174 Å². The Morgan fingerprint density at radius 2 is 1.53 bits per heavy atom. The fourth-order valence-corrected chi connectivity index (χ4v) is 3.55. The maximum Gasteiger partial charge on any atom is 0.225 e. The van der Waals surface area contributed by atoms with E-state index in [-0.39, 0.29) is 0 Å². The second-order valence-corrected chi connectivity index (χ2v) is 7.17. The molecule has 5 heteroatoms. The first-order valence-corrected chi connectivity index (χ1v) is 9.81. The molecule has 5 nitrogen and oxygen atoms in total. The van der Waals surface area contributed by atoms with Crippen molar-refractivity contribution in [1.82, 2.24) is 19.7 Å². The molecule has 0 N–H and O–H groups in total. The third-order valence-corrected chi connectivity index (χ3v) is 4.91. The molecular formula is C25H20N4O. The molecule has 30 heavy (non-hydrogen) atoms. The highest BCUT2D eigenvalue weighted by Crippen LogP contribution is 2.31. The van der Waals surface area contributed by atoms with Crippen molar-refractivity contribution >= 4 is 10.8 Å². The number of hydrogen-bond acceptors (Lipinski definition) is 4. The van der Waals surface area contributed by atoms with Crippen molar-refractivity contribution in [3.05, 3.63) is 96.3 Å². The summed E-state index contributed by atoms with van der Waals surface area (Å²) in [6.07, 6.45) is 0. The predicted octanol–water partition coefficient (Wildman–Crippen LogP) is 5.89. The van der Waals surface area contributed by atoms with Crippen LogP contribution in [0.2, 0.25) is 0 Å². The van der Waals surface area contributed by atoms with Crippen LogP contribution < -0.4 is 4.74 Å². The Bertz CT molecular complexity index is 1340. The van der Waals surface area contributed by atoms with E-state index in [1.807, 2.05) is 91.3 Å². The van der Waals surface area contributed by atoms with Crippen molar-refractivity contribution < 1.29 is 4.74 Å². The van der Waals surface area contributed by atoms with Gasteiger partial charge in [-0.3, -0.25) is 0 Å². The quantitative estimate of drug-likeness (QED) is 0.383. The highest BCUT2D eigenvalue weighted by Gasteiger charge is 2.13. The van der Waals surface area contributed by atoms with Crippen molar-refractivity contribution in [3.8, 4) is 28.8 Å². The second-order valence-electron chi connectivity index (χ2n) is 7.17. The fourth-order valence-electron chi connectivity index (χ4n) is 3.55. The summed E-state index contributed by atoms with van der Waals surface area (Å²) in [4.78, 5) is 9.45. The molecule has 2 aromatic heterocycles. The monoisotopic (exact) mass is 392 g/mol. The van der Waals surface area contributed by atoms with Gasteiger partial charge < -0.3 is 4.74 Å². The lowest BCUT2D eigenvalue weighted by Gasteiger charge is -2.12. The molecule has 146 valence electrons. The lowest BCUT2D eigenvalue weighted by atomic mass is 10.1. The van der Waals surface area contributed by atoms with Crippen molar-refractivity contribution in [2.24, 2.45) is 0 Å². The zero-order valence-electron chi connectivity index (χ0n) is 16.8. The van der Waals surface area contributed by atoms with Gasteiger partial charge in [0.15, 0.2) is 11.6 Å². The number of benzene rings is 3. The van der Waals surface area contributed by atoms with Crippen LogP contribution in [0.3, 0.4) is 0 Å². The molecule has 0 fully saturated rings. The minimum atomic E-state index is 0.475. The van der Waals surface area contributed by atoms with Gasteiger partial charge in [0.1, 0.15) is 5.75 Å². The summed E-state index contributed by atoms with van der Waals surface area (Å²) in [5.74, 6) is 2.49. The molecule has 0 atom stereocenters. The van der Waals surface area contributed by atoms with Gasteiger partial charge in [-0.05, 0) is 31.4 Å². The normalized spacial score (nSPS) is 11.0. The zero-order valence-corrected chi connectivity index (χ0v) is 16.8. The molecule has 3 aromatic carbocycles. The average molecular weight is 392 g/mol. The molecule has 0 amide bonds. The lowest BCUT2D eigenvalue weighted by Crippen LogP contribution is -2.05. The van der Waals surface area contributed by atoms with E-state index in [2.05, 4.69) is 17.2 Å². The van der Waals surface area contributed by atoms with Gasteiger partial charge in [0.2, 0.25) is 5.88 Å². The Balaban J connectivity index is 1.65. The van der Waals surface area contributed by atoms with Gasteiger partial charge in [0, 0.05) is 22.7 Å². The largest absolute Gasteiger partial charge is 0.438 e. The molecule has 0 aliphatic rings. The van der Waals surface area contributed by atoms with Gasteiger partial charge >= 0.3 is 0 Å². The SMILES string of the molecule is Cc1cc(C)n(-c2cc(Oc3cccc4ccccc34)nc(-c3ccccc3)n2)n1. The molecule has 5 rings (SSSR count). The summed E-state index contributed by atoms with van der Waals surface area (Å²) in [5, 5.41) is 6.74. The molecule has 0 bridgehead atoms. The van der Waals surface area contributed by atoms with Crippen LogP contribution in [0, 0.1) is 13.8 Å². The third kappa shape index (κ3) is 3.42. The van der Waals surface area contributed by atoms with E-state index in [1.54, 1.807) is 0 Å². The van der Waals surface area contributed by atoms with Crippen LogP contribution >= 0.6 is 0 Å². The van der Waals surface area contributed by atoms with Gasteiger partial charge in [-0.1, -0.05) is 66.7 Å². The summed E-state index contributed by atoms with van der Waals surface area (Å²) < 4.78 is 8.09. The van der Waals surface area contributed by atoms with E-state index in [9.17, 15) is 0 Å². The molecule has 0 spiro atoms. The third-order valence-electron chi connectivity index (χ3n) is 4.91. The van der Waals surface area contributed by atoms with Crippen LogP contribution in [0.1, 0.15) is 11.4 Å². The topological polar surface area (TPSA) is 52.8 Å². The van der Waals surface area contributed by atoms with Gasteiger partial charge in [-0.2, -0.15) is 10.1 Å². The first-order chi connectivity index (χ1) is 14.7. The van der Waals surface area contributed by atoms with E-state index < -0.39 is 0 Å². The van der Waals surface area contributed by atoms with E-state index in [0.717, 1.165) is 33.5 Å². The maximum absolute atomic E-state index is 6.27. The number of aromatic nitrogens is 4. The summed E-state index contributed by atoms with van der Waals surface area (Å²) in [6, 6.07) is 27.9. The van der Waals surface area contributed by atoms with Gasteiger partial charge in [0.25, 0.3) is 0 Å². The van der Waals surface area contributed by atoms with Crippen LogP contribution in [-0.4, -0.2) is 19.7 Å². The summed E-state index contributed by atoms with van der Waals surface area (Å²) in [7, 11) is 0. The molecule has 0 aliphatic carbocycles. The van der Waals surface area contributed by atoms with Gasteiger partial charge in [0.05, 0.1) is 5.69 Å². The molecule has 0 unspecified atom stereocenters. The van der Waals surface area contributed by atoms with Crippen LogP contribution in [0.5, 0.6) is 11.6 Å². The number of nitrogens with zero attached hydrogens (tertiary/aromatic N) is 4. The summed E-state index contributed by atoms with van der Waals surface area (Å²) >= 11 is 0. The summed E-state index contributed by atoms with van der Waals surface area (Å²) in [5.41, 5.74) is 2.86. The Morgan fingerprint density at radius 3 is 2.33 bits per heavy atom. The summed E-state index contributed by atoms with van der Waals surface area (Å²) in [6.45, 7) is 3.98. The number of rotatable bonds is 4. The molecular weight excluding hydrogens is 372 g/mol. The Morgan fingerprint density at radius 1 is 0.767 bits per heavy atom. The minimum absolute atomic E-state index is 0.475. The van der Waals surface area contributed by atoms with Crippen molar-refractivity contribution in [2.75, 3.05) is 0 Å². The highest BCUT2D eigenvalue weighted by atomic mass is 16.5. The molecule has 5 aromatic rings. The van der Waals surface area contributed by atoms with Crippen LogP contribution in [0.25, 0.3) is 28.0 Å². The smallest absolute Gasteiger partial charge is 0.225 e. The lowest BCUT2D eigenvalue weighted by molar-refractivity contribution is 0.466. The highest BCUT2D eigenvalue weighted by molar-refractivity contribution is 5.88. The molecule has 0 radical (unpaired) electrons. The van der Waals surface area contributed by atoms with Crippen molar-refractivity contribution in [2.45, 2.75) is 13.8 Å². The number of aryl methyl sites for hydroxylation is 2. The standard InChI is InChI=1S/C25H20N4O/c1-17-15-18(2)29(28-17)23-16-24(27-25(26-23)20-10-4-3-5-11-20)30-22-14-8-12-19-9-6-7-13-21(19)22/h3-16H,1-2H3. The molecule has 0 saturated heterocycles.